The maximum absolute atomic E-state index is 12.1. The average Bonchev–Trinajstić information content (AvgIpc) is 2.75. The van der Waals surface area contributed by atoms with E-state index in [1.54, 1.807) is 36.6 Å². The molecule has 0 aliphatic heterocycles. The van der Waals surface area contributed by atoms with Crippen molar-refractivity contribution in [3.63, 3.8) is 0 Å². The van der Waals surface area contributed by atoms with Crippen LogP contribution in [0.3, 0.4) is 0 Å². The lowest BCUT2D eigenvalue weighted by atomic mass is 10.3. The Balaban J connectivity index is 0.00000162. The van der Waals surface area contributed by atoms with Crippen LogP contribution in [0, 0.1) is 0 Å². The number of aryl methyl sites for hydroxylation is 1. The number of anilines is 1. The average molecular weight is 378 g/mol. The first-order valence-corrected chi connectivity index (χ1v) is 5.52. The number of carbonyl (C=O) groups is 1. The van der Waals surface area contributed by atoms with E-state index in [0.717, 1.165) is 5.69 Å². The molecule has 4 nitrogen and oxygen atoms in total. The molecule has 0 saturated carbocycles. The van der Waals surface area contributed by atoms with E-state index >= 15 is 0 Å². The van der Waals surface area contributed by atoms with Crippen molar-refractivity contribution in [1.29, 1.82) is 0 Å². The van der Waals surface area contributed by atoms with Gasteiger partial charge in [0, 0.05) is 17.8 Å². The molecule has 0 radical (unpaired) electrons. The van der Waals surface area contributed by atoms with Crippen LogP contribution in [0.4, 0.5) is 10.5 Å². The lowest BCUT2D eigenvalue weighted by molar-refractivity contribution is -0.670. The lowest BCUT2D eigenvalue weighted by Crippen LogP contribution is -3.00. The van der Waals surface area contributed by atoms with Gasteiger partial charge in [0.2, 0.25) is 0 Å². The van der Waals surface area contributed by atoms with Crippen LogP contribution in [0.5, 0.6) is 0 Å². The highest BCUT2D eigenvalue weighted by molar-refractivity contribution is 6.30. The maximum Gasteiger partial charge on any atom is 0.419 e. The van der Waals surface area contributed by atoms with Crippen LogP contribution in [0.2, 0.25) is 5.02 Å². The molecule has 0 aliphatic rings. The Kier molecular flexibility index (Phi) is 5.15. The van der Waals surface area contributed by atoms with E-state index in [1.165, 1.54) is 4.57 Å². The van der Waals surface area contributed by atoms with E-state index in [9.17, 15) is 4.79 Å². The third kappa shape index (κ3) is 3.23. The van der Waals surface area contributed by atoms with Gasteiger partial charge in [0.1, 0.15) is 12.4 Å². The summed E-state index contributed by atoms with van der Waals surface area (Å²) in [5.74, 6) is 0. The number of halogens is 2. The van der Waals surface area contributed by atoms with Gasteiger partial charge in [-0.25, -0.2) is 9.36 Å². The minimum Gasteiger partial charge on any atom is -1.00 e. The summed E-state index contributed by atoms with van der Waals surface area (Å²) >= 11 is 5.80. The van der Waals surface area contributed by atoms with Crippen LogP contribution < -0.4 is 33.4 Å². The van der Waals surface area contributed by atoms with Gasteiger partial charge in [-0.15, -0.1) is 0 Å². The zero-order chi connectivity index (χ0) is 12.4. The number of rotatable bonds is 1. The van der Waals surface area contributed by atoms with E-state index in [4.69, 9.17) is 11.6 Å². The molecule has 0 atom stereocenters. The van der Waals surface area contributed by atoms with Gasteiger partial charge in [-0.2, -0.15) is 4.57 Å². The fraction of sp³-hybridized carbons (Fsp3) is 0.167. The molecule has 1 aromatic carbocycles. The van der Waals surface area contributed by atoms with Crippen molar-refractivity contribution in [2.24, 2.45) is 7.05 Å². The van der Waals surface area contributed by atoms with Gasteiger partial charge in [0.15, 0.2) is 0 Å². The fourth-order valence-electron chi connectivity index (χ4n) is 1.51. The Morgan fingerprint density at radius 3 is 2.44 bits per heavy atom. The van der Waals surface area contributed by atoms with Crippen LogP contribution in [-0.2, 0) is 7.05 Å². The first-order chi connectivity index (χ1) is 8.08. The van der Waals surface area contributed by atoms with E-state index in [0.29, 0.717) is 5.02 Å². The summed E-state index contributed by atoms with van der Waals surface area (Å²) in [5, 5.41) is 0.655. The normalized spacial score (nSPS) is 9.72. The maximum atomic E-state index is 12.1. The number of nitrogens with zero attached hydrogens (tertiary/aromatic N) is 3. The van der Waals surface area contributed by atoms with Crippen molar-refractivity contribution in [2.45, 2.75) is 0 Å². The predicted octanol–water partition coefficient (Wildman–Crippen LogP) is -0.925. The van der Waals surface area contributed by atoms with Crippen molar-refractivity contribution >= 4 is 23.3 Å². The summed E-state index contributed by atoms with van der Waals surface area (Å²) < 4.78 is 3.34. The molecule has 0 aliphatic carbocycles. The SMILES string of the molecule is CN(C(=O)n1cc[n+](C)c1)c1ccc(Cl)cc1.[I-]. The van der Waals surface area contributed by atoms with Gasteiger partial charge >= 0.3 is 6.03 Å². The van der Waals surface area contributed by atoms with Gasteiger partial charge in [-0.1, -0.05) is 11.6 Å². The van der Waals surface area contributed by atoms with Crippen LogP contribution in [-0.4, -0.2) is 17.6 Å². The molecule has 0 spiro atoms. The molecule has 2 aromatic rings. The number of benzene rings is 1. The minimum atomic E-state index is -0.118. The summed E-state index contributed by atoms with van der Waals surface area (Å²) in [6.07, 6.45) is 5.25. The van der Waals surface area contributed by atoms with E-state index in [2.05, 4.69) is 0 Å². The van der Waals surface area contributed by atoms with Crippen LogP contribution in [0.15, 0.2) is 43.0 Å². The molecule has 6 heteroatoms. The molecule has 2 rings (SSSR count). The third-order valence-corrected chi connectivity index (χ3v) is 2.74. The number of hydrogen-bond acceptors (Lipinski definition) is 1. The zero-order valence-corrected chi connectivity index (χ0v) is 13.0. The van der Waals surface area contributed by atoms with E-state index < -0.39 is 0 Å². The largest absolute Gasteiger partial charge is 1.00 e. The Bertz CT molecular complexity index is 539. The van der Waals surface area contributed by atoms with Crippen molar-refractivity contribution in [2.75, 3.05) is 11.9 Å². The second-order valence-electron chi connectivity index (χ2n) is 3.80. The summed E-state index contributed by atoms with van der Waals surface area (Å²) in [7, 11) is 3.59. The Morgan fingerprint density at radius 2 is 1.94 bits per heavy atom. The van der Waals surface area contributed by atoms with Crippen molar-refractivity contribution in [3.05, 3.63) is 48.0 Å². The molecular weight excluding hydrogens is 365 g/mol. The molecule has 0 fully saturated rings. The first kappa shape index (κ1) is 15.0. The Labute approximate surface area is 128 Å². The quantitative estimate of drug-likeness (QED) is 0.467. The van der Waals surface area contributed by atoms with Gasteiger partial charge in [-0.05, 0) is 24.3 Å². The second kappa shape index (κ2) is 6.19. The van der Waals surface area contributed by atoms with Gasteiger partial charge < -0.3 is 24.0 Å². The first-order valence-electron chi connectivity index (χ1n) is 5.15. The van der Waals surface area contributed by atoms with Crippen LogP contribution in [0.1, 0.15) is 0 Å². The van der Waals surface area contributed by atoms with Crippen molar-refractivity contribution in [1.82, 2.24) is 4.57 Å². The summed E-state index contributed by atoms with van der Waals surface area (Å²) in [5.41, 5.74) is 0.802. The highest BCUT2D eigenvalue weighted by atomic mass is 127. The fourth-order valence-corrected chi connectivity index (χ4v) is 1.64. The molecule has 0 N–H and O–H groups in total. The standard InChI is InChI=1S/C12H13ClN3O.HI/c1-14-7-8-16(9-14)12(17)15(2)11-5-3-10(13)4-6-11;/h3-9H,1-2H3;1H/q+1;/p-1. The molecule has 0 bridgehead atoms. The number of carbonyl (C=O) groups excluding carboxylic acids is 1. The molecular formula is C12H13ClIN3O. The highest BCUT2D eigenvalue weighted by Gasteiger charge is 2.18. The van der Waals surface area contributed by atoms with Gasteiger partial charge in [0.25, 0.3) is 6.33 Å². The summed E-state index contributed by atoms with van der Waals surface area (Å²) in [6.45, 7) is 0. The van der Waals surface area contributed by atoms with Gasteiger partial charge in [0.05, 0.1) is 7.05 Å². The Morgan fingerprint density at radius 1 is 1.33 bits per heavy atom. The summed E-state index contributed by atoms with van der Waals surface area (Å²) in [6, 6.07) is 7.02. The van der Waals surface area contributed by atoms with Crippen molar-refractivity contribution in [3.8, 4) is 0 Å². The monoisotopic (exact) mass is 377 g/mol. The van der Waals surface area contributed by atoms with Gasteiger partial charge in [-0.3, -0.25) is 4.90 Å². The molecule has 0 unspecified atom stereocenters. The third-order valence-electron chi connectivity index (χ3n) is 2.49. The molecule has 0 saturated heterocycles. The smallest absolute Gasteiger partial charge is 0.419 e. The molecule has 18 heavy (non-hydrogen) atoms. The number of aromatic nitrogens is 2. The minimum absolute atomic E-state index is 0. The van der Waals surface area contributed by atoms with Crippen LogP contribution >= 0.6 is 11.6 Å². The number of imidazole rings is 1. The zero-order valence-electron chi connectivity index (χ0n) is 10.0. The number of amides is 1. The second-order valence-corrected chi connectivity index (χ2v) is 4.24. The number of hydrogen-bond donors (Lipinski definition) is 0. The molecule has 1 amide bonds. The Hall–Kier alpha value is -1.08. The topological polar surface area (TPSA) is 29.1 Å². The molecule has 1 heterocycles. The highest BCUT2D eigenvalue weighted by Crippen LogP contribution is 2.17. The molecule has 1 aromatic heterocycles. The summed E-state index contributed by atoms with van der Waals surface area (Å²) in [4.78, 5) is 13.7. The van der Waals surface area contributed by atoms with E-state index in [1.807, 2.05) is 29.9 Å². The molecule has 96 valence electrons. The van der Waals surface area contributed by atoms with Crippen molar-refractivity contribution < 1.29 is 33.3 Å². The van der Waals surface area contributed by atoms with E-state index in [-0.39, 0.29) is 30.0 Å². The van der Waals surface area contributed by atoms with Crippen LogP contribution in [0.25, 0.3) is 0 Å². The lowest BCUT2D eigenvalue weighted by Gasteiger charge is -2.13. The predicted molar refractivity (Wildman–Crippen MR) is 66.3 cm³/mol.